The molecule has 1 aromatic carbocycles. The van der Waals surface area contributed by atoms with Crippen LogP contribution in [-0.2, 0) is 16.1 Å². The van der Waals surface area contributed by atoms with Gasteiger partial charge in [0.15, 0.2) is 0 Å². The monoisotopic (exact) mass is 372 g/mol. The molecule has 0 N–H and O–H groups in total. The van der Waals surface area contributed by atoms with E-state index < -0.39 is 0 Å². The first-order valence-electron chi connectivity index (χ1n) is 10.5. The van der Waals surface area contributed by atoms with Crippen molar-refractivity contribution in [2.45, 2.75) is 91.6 Å². The molecular weight excluding hydrogens is 336 g/mol. The lowest BCUT2D eigenvalue weighted by Gasteiger charge is -2.12. The first-order valence-corrected chi connectivity index (χ1v) is 10.5. The van der Waals surface area contributed by atoms with Gasteiger partial charge in [0.2, 0.25) is 0 Å². The van der Waals surface area contributed by atoms with Gasteiger partial charge in [-0.25, -0.2) is 0 Å². The van der Waals surface area contributed by atoms with Gasteiger partial charge in [0.25, 0.3) is 0 Å². The molecule has 0 unspecified atom stereocenters. The molecule has 1 rings (SSSR count). The molecule has 1 aromatic rings. The van der Waals surface area contributed by atoms with Gasteiger partial charge in [-0.1, -0.05) is 82.9 Å². The van der Waals surface area contributed by atoms with Gasteiger partial charge in [0.05, 0.1) is 6.61 Å². The summed E-state index contributed by atoms with van der Waals surface area (Å²) in [5.41, 5.74) is 1.83. The third kappa shape index (κ3) is 10.8. The molecule has 0 radical (unpaired) electrons. The van der Waals surface area contributed by atoms with Crippen molar-refractivity contribution in [2.24, 2.45) is 0 Å². The molecule has 0 saturated heterocycles. The minimum absolute atomic E-state index is 0.226. The van der Waals surface area contributed by atoms with Crippen molar-refractivity contribution in [3.8, 4) is 17.6 Å². The van der Waals surface area contributed by atoms with Crippen LogP contribution in [0, 0.1) is 18.8 Å². The Balaban J connectivity index is 2.19. The van der Waals surface area contributed by atoms with E-state index in [2.05, 4.69) is 18.8 Å². The van der Waals surface area contributed by atoms with E-state index in [-0.39, 0.29) is 5.97 Å². The quantitative estimate of drug-likeness (QED) is 0.175. The van der Waals surface area contributed by atoms with Crippen molar-refractivity contribution in [1.82, 2.24) is 0 Å². The summed E-state index contributed by atoms with van der Waals surface area (Å²) < 4.78 is 11.1. The number of benzene rings is 1. The van der Waals surface area contributed by atoms with Gasteiger partial charge < -0.3 is 9.47 Å². The molecule has 0 aromatic heterocycles. The molecule has 0 spiro atoms. The average molecular weight is 373 g/mol. The summed E-state index contributed by atoms with van der Waals surface area (Å²) in [6, 6.07) is 5.82. The molecule has 150 valence electrons. The lowest BCUT2D eigenvalue weighted by atomic mass is 10.1. The van der Waals surface area contributed by atoms with E-state index in [0.29, 0.717) is 25.4 Å². The SMILES string of the molecule is CCCCCCCCCCC#CCOCc1cccc(C)c1OC(=O)CC. The molecule has 3 heteroatoms. The normalized spacial score (nSPS) is 10.3. The number of ether oxygens (including phenoxy) is 2. The number of carbonyl (C=O) groups excluding carboxylic acids is 1. The number of esters is 1. The van der Waals surface area contributed by atoms with Crippen molar-refractivity contribution in [3.05, 3.63) is 29.3 Å². The van der Waals surface area contributed by atoms with Gasteiger partial charge in [-0.05, 0) is 18.9 Å². The van der Waals surface area contributed by atoms with E-state index in [1.54, 1.807) is 6.92 Å². The number of para-hydroxylation sites is 1. The predicted molar refractivity (Wildman–Crippen MR) is 112 cm³/mol. The highest BCUT2D eigenvalue weighted by molar-refractivity contribution is 5.72. The fraction of sp³-hybridized carbons (Fsp3) is 0.625. The van der Waals surface area contributed by atoms with Gasteiger partial charge >= 0.3 is 5.97 Å². The minimum atomic E-state index is -0.226. The molecule has 0 saturated carbocycles. The average Bonchev–Trinajstić information content (AvgIpc) is 2.67. The molecule has 3 nitrogen and oxygen atoms in total. The van der Waals surface area contributed by atoms with Gasteiger partial charge in [0.1, 0.15) is 12.4 Å². The van der Waals surface area contributed by atoms with Crippen molar-refractivity contribution < 1.29 is 14.3 Å². The summed E-state index contributed by atoms with van der Waals surface area (Å²) in [5, 5.41) is 0. The second-order valence-electron chi connectivity index (χ2n) is 6.96. The lowest BCUT2D eigenvalue weighted by Crippen LogP contribution is -2.09. The maximum absolute atomic E-state index is 11.6. The summed E-state index contributed by atoms with van der Waals surface area (Å²) in [6.45, 7) is 6.79. The number of hydrogen-bond donors (Lipinski definition) is 0. The van der Waals surface area contributed by atoms with Crippen LogP contribution in [0.4, 0.5) is 0 Å². The largest absolute Gasteiger partial charge is 0.426 e. The fourth-order valence-electron chi connectivity index (χ4n) is 2.86. The van der Waals surface area contributed by atoms with E-state index in [9.17, 15) is 4.79 Å². The number of rotatable bonds is 13. The molecule has 0 aliphatic rings. The number of hydrogen-bond acceptors (Lipinski definition) is 3. The zero-order valence-electron chi connectivity index (χ0n) is 17.4. The fourth-order valence-corrected chi connectivity index (χ4v) is 2.86. The number of unbranched alkanes of at least 4 members (excludes halogenated alkanes) is 8. The standard InChI is InChI=1S/C24H36O3/c1-4-6-7-8-9-10-11-12-13-14-15-19-26-20-22-18-16-17-21(3)24(22)27-23(25)5-2/h16-18H,4-13,19-20H2,1-3H3. The van der Waals surface area contributed by atoms with Crippen LogP contribution in [0.3, 0.4) is 0 Å². The molecule has 0 aliphatic carbocycles. The van der Waals surface area contributed by atoms with Gasteiger partial charge in [0, 0.05) is 18.4 Å². The summed E-state index contributed by atoms with van der Waals surface area (Å²) >= 11 is 0. The molecular formula is C24H36O3. The second-order valence-corrected chi connectivity index (χ2v) is 6.96. The highest BCUT2D eigenvalue weighted by Crippen LogP contribution is 2.24. The Hall–Kier alpha value is -1.79. The second kappa shape index (κ2) is 15.3. The Kier molecular flexibility index (Phi) is 13.2. The third-order valence-corrected chi connectivity index (χ3v) is 4.51. The Morgan fingerprint density at radius 2 is 1.67 bits per heavy atom. The van der Waals surface area contributed by atoms with Gasteiger partial charge in [-0.2, -0.15) is 0 Å². The summed E-state index contributed by atoms with van der Waals surface area (Å²) in [5.74, 6) is 6.67. The van der Waals surface area contributed by atoms with Gasteiger partial charge in [-0.3, -0.25) is 4.79 Å². The number of carbonyl (C=O) groups is 1. The Bertz CT molecular complexity index is 595. The van der Waals surface area contributed by atoms with Crippen LogP contribution in [0.25, 0.3) is 0 Å². The molecule has 0 aliphatic heterocycles. The first-order chi connectivity index (χ1) is 13.2. The van der Waals surface area contributed by atoms with E-state index >= 15 is 0 Å². The van der Waals surface area contributed by atoms with Crippen molar-refractivity contribution in [2.75, 3.05) is 6.61 Å². The van der Waals surface area contributed by atoms with E-state index in [4.69, 9.17) is 9.47 Å². The van der Waals surface area contributed by atoms with Crippen molar-refractivity contribution in [3.63, 3.8) is 0 Å². The Labute approximate surface area is 165 Å². The lowest BCUT2D eigenvalue weighted by molar-refractivity contribution is -0.134. The van der Waals surface area contributed by atoms with Crippen LogP contribution < -0.4 is 4.74 Å². The predicted octanol–water partition coefficient (Wildman–Crippen LogP) is 6.36. The van der Waals surface area contributed by atoms with Crippen LogP contribution in [0.5, 0.6) is 5.75 Å². The number of aryl methyl sites for hydroxylation is 1. The van der Waals surface area contributed by atoms with Crippen LogP contribution in [0.2, 0.25) is 0 Å². The maximum Gasteiger partial charge on any atom is 0.310 e. The third-order valence-electron chi connectivity index (χ3n) is 4.51. The zero-order chi connectivity index (χ0) is 19.7. The summed E-state index contributed by atoms with van der Waals surface area (Å²) in [7, 11) is 0. The Morgan fingerprint density at radius 1 is 0.963 bits per heavy atom. The topological polar surface area (TPSA) is 35.5 Å². The molecule has 0 amide bonds. The summed E-state index contributed by atoms with van der Waals surface area (Å²) in [4.78, 5) is 11.6. The van der Waals surface area contributed by atoms with E-state index in [1.807, 2.05) is 25.1 Å². The van der Waals surface area contributed by atoms with Crippen LogP contribution in [0.1, 0.15) is 89.2 Å². The van der Waals surface area contributed by atoms with E-state index in [1.165, 1.54) is 51.4 Å². The molecule has 0 fully saturated rings. The van der Waals surface area contributed by atoms with Crippen LogP contribution in [-0.4, -0.2) is 12.6 Å². The highest BCUT2D eigenvalue weighted by atomic mass is 16.5. The minimum Gasteiger partial charge on any atom is -0.426 e. The first kappa shape index (κ1) is 23.2. The highest BCUT2D eigenvalue weighted by Gasteiger charge is 2.10. The van der Waals surface area contributed by atoms with E-state index in [0.717, 1.165) is 17.5 Å². The van der Waals surface area contributed by atoms with Gasteiger partial charge in [-0.15, -0.1) is 5.92 Å². The molecule has 0 heterocycles. The maximum atomic E-state index is 11.6. The molecule has 0 bridgehead atoms. The van der Waals surface area contributed by atoms with Crippen molar-refractivity contribution in [1.29, 1.82) is 0 Å². The molecule has 0 atom stereocenters. The summed E-state index contributed by atoms with van der Waals surface area (Å²) in [6.07, 6.45) is 11.9. The van der Waals surface area contributed by atoms with Crippen molar-refractivity contribution >= 4 is 5.97 Å². The Morgan fingerprint density at radius 3 is 2.37 bits per heavy atom. The van der Waals surface area contributed by atoms with Crippen LogP contribution in [0.15, 0.2) is 18.2 Å². The smallest absolute Gasteiger partial charge is 0.310 e. The molecule has 27 heavy (non-hydrogen) atoms. The zero-order valence-corrected chi connectivity index (χ0v) is 17.4. The van der Waals surface area contributed by atoms with Crippen LogP contribution >= 0.6 is 0 Å².